The summed E-state index contributed by atoms with van der Waals surface area (Å²) in [4.78, 5) is 14.0. The predicted octanol–water partition coefficient (Wildman–Crippen LogP) is 1.93. The van der Waals surface area contributed by atoms with E-state index < -0.39 is 0 Å². The standard InChI is InChI=1S/C16H22N2O3/c1-3-17-13(9-18-8-11(2)6-16(18)19)12-4-5-14-15(7-12)21-10-20-14/h4-5,7,11,13,17H,3,6,8-10H2,1-2H3. The molecule has 1 fully saturated rings. The summed E-state index contributed by atoms with van der Waals surface area (Å²) in [6.45, 7) is 6.90. The van der Waals surface area contributed by atoms with Gasteiger partial charge in [-0.05, 0) is 30.2 Å². The minimum atomic E-state index is 0.124. The molecule has 1 amide bonds. The number of amides is 1. The van der Waals surface area contributed by atoms with E-state index >= 15 is 0 Å². The van der Waals surface area contributed by atoms with Gasteiger partial charge in [0, 0.05) is 19.5 Å². The molecule has 0 aromatic heterocycles. The number of benzene rings is 1. The zero-order chi connectivity index (χ0) is 14.8. The van der Waals surface area contributed by atoms with Gasteiger partial charge in [-0.3, -0.25) is 4.79 Å². The Morgan fingerprint density at radius 3 is 2.90 bits per heavy atom. The van der Waals surface area contributed by atoms with Crippen LogP contribution in [0.25, 0.3) is 0 Å². The Morgan fingerprint density at radius 2 is 2.19 bits per heavy atom. The van der Waals surface area contributed by atoms with Gasteiger partial charge in [-0.25, -0.2) is 0 Å². The van der Waals surface area contributed by atoms with Gasteiger partial charge >= 0.3 is 0 Å². The van der Waals surface area contributed by atoms with Crippen LogP contribution >= 0.6 is 0 Å². The summed E-state index contributed by atoms with van der Waals surface area (Å²) in [5, 5.41) is 3.46. The van der Waals surface area contributed by atoms with Crippen LogP contribution in [0.15, 0.2) is 18.2 Å². The molecule has 1 aromatic rings. The number of ether oxygens (including phenoxy) is 2. The van der Waals surface area contributed by atoms with Crippen molar-refractivity contribution in [2.75, 3.05) is 26.4 Å². The number of nitrogens with zero attached hydrogens (tertiary/aromatic N) is 1. The van der Waals surface area contributed by atoms with Gasteiger partial charge in [0.15, 0.2) is 11.5 Å². The van der Waals surface area contributed by atoms with Crippen molar-refractivity contribution in [2.45, 2.75) is 26.3 Å². The lowest BCUT2D eigenvalue weighted by molar-refractivity contribution is -0.128. The van der Waals surface area contributed by atoms with E-state index in [2.05, 4.69) is 19.2 Å². The van der Waals surface area contributed by atoms with Crippen LogP contribution in [0.1, 0.15) is 31.9 Å². The molecule has 1 aromatic carbocycles. The van der Waals surface area contributed by atoms with Crippen LogP contribution in [-0.2, 0) is 4.79 Å². The molecule has 5 nitrogen and oxygen atoms in total. The third-order valence-corrected chi connectivity index (χ3v) is 4.06. The molecular weight excluding hydrogens is 268 g/mol. The summed E-state index contributed by atoms with van der Waals surface area (Å²) in [6.07, 6.45) is 0.667. The molecule has 2 heterocycles. The maximum atomic E-state index is 12.0. The van der Waals surface area contributed by atoms with Crippen molar-refractivity contribution in [1.29, 1.82) is 0 Å². The van der Waals surface area contributed by atoms with Gasteiger partial charge in [-0.2, -0.15) is 0 Å². The summed E-state index contributed by atoms with van der Waals surface area (Å²) in [6, 6.07) is 6.12. The number of fused-ring (bicyclic) bond motifs is 1. The van der Waals surface area contributed by atoms with Crippen LogP contribution in [0.4, 0.5) is 0 Å². The van der Waals surface area contributed by atoms with E-state index in [1.165, 1.54) is 0 Å². The number of hydrogen-bond acceptors (Lipinski definition) is 4. The zero-order valence-electron chi connectivity index (χ0n) is 12.6. The molecule has 2 unspecified atom stereocenters. The number of hydrogen-bond donors (Lipinski definition) is 1. The lowest BCUT2D eigenvalue weighted by atomic mass is 10.1. The molecule has 2 aliphatic heterocycles. The molecule has 3 rings (SSSR count). The largest absolute Gasteiger partial charge is 0.454 e. The third kappa shape index (κ3) is 2.97. The van der Waals surface area contributed by atoms with Crippen LogP contribution < -0.4 is 14.8 Å². The van der Waals surface area contributed by atoms with Crippen LogP contribution in [0.2, 0.25) is 0 Å². The normalized spacial score (nSPS) is 21.9. The molecule has 5 heteroatoms. The fraction of sp³-hybridized carbons (Fsp3) is 0.562. The zero-order valence-corrected chi connectivity index (χ0v) is 12.6. The van der Waals surface area contributed by atoms with Crippen molar-refractivity contribution in [3.63, 3.8) is 0 Å². The number of nitrogens with one attached hydrogen (secondary N) is 1. The van der Waals surface area contributed by atoms with E-state index in [1.807, 2.05) is 23.1 Å². The molecule has 21 heavy (non-hydrogen) atoms. The van der Waals surface area contributed by atoms with Crippen molar-refractivity contribution in [3.05, 3.63) is 23.8 Å². The Balaban J connectivity index is 1.76. The number of carbonyl (C=O) groups is 1. The van der Waals surface area contributed by atoms with E-state index in [1.54, 1.807) is 0 Å². The lowest BCUT2D eigenvalue weighted by Crippen LogP contribution is -2.36. The highest BCUT2D eigenvalue weighted by Gasteiger charge is 2.29. The SMILES string of the molecule is CCNC(CN1CC(C)CC1=O)c1ccc2c(c1)OCO2. The average molecular weight is 290 g/mol. The third-order valence-electron chi connectivity index (χ3n) is 4.06. The monoisotopic (exact) mass is 290 g/mol. The molecule has 0 saturated carbocycles. The smallest absolute Gasteiger partial charge is 0.231 e. The molecule has 0 bridgehead atoms. The van der Waals surface area contributed by atoms with E-state index in [-0.39, 0.29) is 18.7 Å². The number of rotatable bonds is 5. The Hall–Kier alpha value is -1.75. The lowest BCUT2D eigenvalue weighted by Gasteiger charge is -2.25. The summed E-state index contributed by atoms with van der Waals surface area (Å²) in [7, 11) is 0. The summed E-state index contributed by atoms with van der Waals surface area (Å²) >= 11 is 0. The van der Waals surface area contributed by atoms with Crippen LogP contribution in [-0.4, -0.2) is 37.2 Å². The maximum Gasteiger partial charge on any atom is 0.231 e. The maximum absolute atomic E-state index is 12.0. The molecule has 2 atom stereocenters. The van der Waals surface area contributed by atoms with Gasteiger partial charge in [0.25, 0.3) is 0 Å². The van der Waals surface area contributed by atoms with Crippen molar-refractivity contribution < 1.29 is 14.3 Å². The van der Waals surface area contributed by atoms with Gasteiger partial charge in [-0.15, -0.1) is 0 Å². The van der Waals surface area contributed by atoms with Crippen molar-refractivity contribution >= 4 is 5.91 Å². The minimum absolute atomic E-state index is 0.124. The van der Waals surface area contributed by atoms with Crippen LogP contribution in [0.5, 0.6) is 11.5 Å². The fourth-order valence-electron chi connectivity index (χ4n) is 3.03. The van der Waals surface area contributed by atoms with Crippen molar-refractivity contribution in [3.8, 4) is 11.5 Å². The van der Waals surface area contributed by atoms with Gasteiger partial charge < -0.3 is 19.7 Å². The Morgan fingerprint density at radius 1 is 1.38 bits per heavy atom. The second kappa shape index (κ2) is 5.93. The Labute approximate surface area is 125 Å². The summed E-state index contributed by atoms with van der Waals surface area (Å²) < 4.78 is 10.8. The quantitative estimate of drug-likeness (QED) is 0.900. The topological polar surface area (TPSA) is 50.8 Å². The van der Waals surface area contributed by atoms with Crippen LogP contribution in [0.3, 0.4) is 0 Å². The molecule has 0 radical (unpaired) electrons. The van der Waals surface area contributed by atoms with Crippen LogP contribution in [0, 0.1) is 5.92 Å². The molecule has 1 saturated heterocycles. The van der Waals surface area contributed by atoms with Gasteiger partial charge in [0.2, 0.25) is 12.7 Å². The molecule has 2 aliphatic rings. The van der Waals surface area contributed by atoms with E-state index in [0.717, 1.165) is 30.2 Å². The Kier molecular flexibility index (Phi) is 4.01. The van der Waals surface area contributed by atoms with Gasteiger partial charge in [-0.1, -0.05) is 19.9 Å². The number of likely N-dealkylation sites (N-methyl/N-ethyl adjacent to an activating group) is 1. The molecule has 0 spiro atoms. The van der Waals surface area contributed by atoms with Crippen molar-refractivity contribution in [1.82, 2.24) is 10.2 Å². The number of likely N-dealkylation sites (tertiary alicyclic amines) is 1. The summed E-state index contributed by atoms with van der Waals surface area (Å²) in [5.74, 6) is 2.29. The van der Waals surface area contributed by atoms with Gasteiger partial charge in [0.1, 0.15) is 0 Å². The second-order valence-electron chi connectivity index (χ2n) is 5.83. The first-order valence-electron chi connectivity index (χ1n) is 7.58. The first-order valence-corrected chi connectivity index (χ1v) is 7.58. The first-order chi connectivity index (χ1) is 10.2. The molecular formula is C16H22N2O3. The molecule has 114 valence electrons. The second-order valence-corrected chi connectivity index (χ2v) is 5.83. The van der Waals surface area contributed by atoms with Crippen molar-refractivity contribution in [2.24, 2.45) is 5.92 Å². The predicted molar refractivity (Wildman–Crippen MR) is 79.3 cm³/mol. The summed E-state index contributed by atoms with van der Waals surface area (Å²) in [5.41, 5.74) is 1.13. The number of carbonyl (C=O) groups excluding carboxylic acids is 1. The molecule has 1 N–H and O–H groups in total. The average Bonchev–Trinajstić information content (AvgIpc) is 3.04. The molecule has 0 aliphatic carbocycles. The highest BCUT2D eigenvalue weighted by molar-refractivity contribution is 5.78. The minimum Gasteiger partial charge on any atom is -0.454 e. The first kappa shape index (κ1) is 14.2. The van der Waals surface area contributed by atoms with E-state index in [0.29, 0.717) is 18.9 Å². The highest BCUT2D eigenvalue weighted by Crippen LogP contribution is 2.34. The highest BCUT2D eigenvalue weighted by atomic mass is 16.7. The van der Waals surface area contributed by atoms with E-state index in [4.69, 9.17) is 9.47 Å². The van der Waals surface area contributed by atoms with Gasteiger partial charge in [0.05, 0.1) is 6.04 Å². The fourth-order valence-corrected chi connectivity index (χ4v) is 3.03. The van der Waals surface area contributed by atoms with E-state index in [9.17, 15) is 4.79 Å². The Bertz CT molecular complexity index is 532.